The van der Waals surface area contributed by atoms with Gasteiger partial charge in [0.25, 0.3) is 0 Å². The predicted molar refractivity (Wildman–Crippen MR) is 306 cm³/mol. The largest absolute Gasteiger partial charge is 0.310 e. The molecule has 0 saturated carbocycles. The van der Waals surface area contributed by atoms with Crippen LogP contribution < -0.4 is 4.90 Å². The van der Waals surface area contributed by atoms with E-state index < -0.39 is 10.8 Å². The number of nitrogens with zero attached hydrogens (tertiary/aromatic N) is 2. The first-order chi connectivity index (χ1) is 36.7. The summed E-state index contributed by atoms with van der Waals surface area (Å²) in [7, 11) is 0. The zero-order chi connectivity index (χ0) is 48.3. The normalized spacial score (nSPS) is 15.5. The Balaban J connectivity index is 0.967. The van der Waals surface area contributed by atoms with Crippen molar-refractivity contribution in [2.24, 2.45) is 0 Å². The highest BCUT2D eigenvalue weighted by atomic mass is 15.1. The van der Waals surface area contributed by atoms with Gasteiger partial charge in [-0.1, -0.05) is 218 Å². The summed E-state index contributed by atoms with van der Waals surface area (Å²) in [4.78, 5) is 2.54. The van der Waals surface area contributed by atoms with Gasteiger partial charge in [0.15, 0.2) is 0 Å². The van der Waals surface area contributed by atoms with Crippen LogP contribution in [0.15, 0.2) is 267 Å². The third-order valence-corrected chi connectivity index (χ3v) is 17.4. The van der Waals surface area contributed by atoms with E-state index >= 15 is 0 Å². The van der Waals surface area contributed by atoms with Crippen molar-refractivity contribution in [3.8, 4) is 50.2 Å². The first kappa shape index (κ1) is 40.1. The molecule has 1 aliphatic heterocycles. The minimum atomic E-state index is -0.595. The topological polar surface area (TPSA) is 8.17 Å². The van der Waals surface area contributed by atoms with Gasteiger partial charge in [-0.25, -0.2) is 0 Å². The second kappa shape index (κ2) is 14.6. The average molecular weight is 937 g/mol. The Hall–Kier alpha value is -9.50. The Morgan fingerprint density at radius 2 is 0.797 bits per heavy atom. The van der Waals surface area contributed by atoms with Crippen molar-refractivity contribution in [3.05, 3.63) is 311 Å². The summed E-state index contributed by atoms with van der Waals surface area (Å²) >= 11 is 0. The molecule has 1 aromatic heterocycles. The summed E-state index contributed by atoms with van der Waals surface area (Å²) in [5.41, 5.74) is 26.7. The van der Waals surface area contributed by atoms with Crippen LogP contribution in [0, 0.1) is 0 Å². The second-order valence-corrected chi connectivity index (χ2v) is 20.6. The van der Waals surface area contributed by atoms with Crippen LogP contribution in [0.4, 0.5) is 17.1 Å². The highest BCUT2D eigenvalue weighted by Gasteiger charge is 2.53. The fourth-order valence-corrected chi connectivity index (χ4v) is 14.6. The molecule has 4 aliphatic rings. The number of fused-ring (bicyclic) bond motifs is 24. The van der Waals surface area contributed by atoms with Crippen molar-refractivity contribution in [3.63, 3.8) is 0 Å². The van der Waals surface area contributed by atoms with E-state index in [0.717, 1.165) is 17.1 Å². The van der Waals surface area contributed by atoms with Crippen LogP contribution in [0.25, 0.3) is 82.8 Å². The molecule has 17 rings (SSSR count). The van der Waals surface area contributed by atoms with Gasteiger partial charge < -0.3 is 9.47 Å². The maximum Gasteiger partial charge on any atom is 0.0755 e. The molecule has 342 valence electrons. The van der Waals surface area contributed by atoms with E-state index in [0.29, 0.717) is 0 Å². The van der Waals surface area contributed by atoms with Gasteiger partial charge in [0, 0.05) is 27.8 Å². The van der Waals surface area contributed by atoms with Crippen LogP contribution in [0.3, 0.4) is 0 Å². The van der Waals surface area contributed by atoms with Gasteiger partial charge in [0.05, 0.1) is 27.6 Å². The lowest BCUT2D eigenvalue weighted by molar-refractivity contribution is 0.748. The fourth-order valence-electron chi connectivity index (χ4n) is 14.6. The van der Waals surface area contributed by atoms with Gasteiger partial charge in [-0.2, -0.15) is 0 Å². The highest BCUT2D eigenvalue weighted by Crippen LogP contribution is 2.65. The second-order valence-electron chi connectivity index (χ2n) is 20.6. The molecule has 0 radical (unpaired) electrons. The molecule has 1 atom stereocenters. The molecule has 0 fully saturated rings. The molecule has 0 N–H and O–H groups in total. The standard InChI is InChI=1S/C72H44N2/c1-2-18-45(19-3-1)47-21-16-22-48(42-47)73(50-38-40-58-66(44-50)71(63-41-36-46-20-4-5-23-51(46)69(58)63)59-29-10-6-24-52(59)53-25-7-11-30-60(53)71)49-37-39-55-54-26-8-12-31-61(54)72(65(55)43-49)62-32-13-15-35-68(62)74-67-34-14-9-27-56(67)57-28-17-33-64(72)70(57)74/h1-44H. The molecule has 2 heteroatoms. The minimum Gasteiger partial charge on any atom is -0.310 e. The number of hydrogen-bond acceptors (Lipinski definition) is 1. The van der Waals surface area contributed by atoms with E-state index in [1.807, 2.05) is 0 Å². The summed E-state index contributed by atoms with van der Waals surface area (Å²) in [6.07, 6.45) is 0. The lowest BCUT2D eigenvalue weighted by atomic mass is 9.65. The molecule has 2 nitrogen and oxygen atoms in total. The van der Waals surface area contributed by atoms with E-state index in [2.05, 4.69) is 276 Å². The molecule has 1 unspecified atom stereocenters. The number of anilines is 3. The monoisotopic (exact) mass is 936 g/mol. The number of hydrogen-bond donors (Lipinski definition) is 0. The maximum atomic E-state index is 2.55. The zero-order valence-corrected chi connectivity index (χ0v) is 40.3. The molecule has 0 amide bonds. The lowest BCUT2D eigenvalue weighted by Gasteiger charge is -2.40. The first-order valence-corrected chi connectivity index (χ1v) is 25.9. The SMILES string of the molecule is c1ccc(-c2cccc(N(c3ccc4c(c3)C3(c5ccccc5-c5ccccc53)c3ccc5ccccc5c3-4)c3ccc4c(c3)C3(c5ccccc5-4)c4ccccc4-n4c5ccccc5c5cccc3c54)c2)cc1. The van der Waals surface area contributed by atoms with Crippen molar-refractivity contribution in [1.29, 1.82) is 0 Å². The van der Waals surface area contributed by atoms with Crippen LogP contribution in [0.2, 0.25) is 0 Å². The van der Waals surface area contributed by atoms with Crippen LogP contribution >= 0.6 is 0 Å². The average Bonchev–Trinajstić information content (AvgIpc) is 4.30. The van der Waals surface area contributed by atoms with E-state index in [4.69, 9.17) is 0 Å². The van der Waals surface area contributed by atoms with E-state index in [1.54, 1.807) is 0 Å². The molecule has 2 heterocycles. The molecule has 2 spiro atoms. The summed E-state index contributed by atoms with van der Waals surface area (Å²) in [6, 6.07) is 101. The quantitative estimate of drug-likeness (QED) is 0.171. The number of aromatic nitrogens is 1. The molecule has 3 aliphatic carbocycles. The smallest absolute Gasteiger partial charge is 0.0755 e. The van der Waals surface area contributed by atoms with E-state index in [-0.39, 0.29) is 0 Å². The van der Waals surface area contributed by atoms with Crippen molar-refractivity contribution in [2.45, 2.75) is 10.8 Å². The Kier molecular flexibility index (Phi) is 7.90. The van der Waals surface area contributed by atoms with Crippen molar-refractivity contribution in [1.82, 2.24) is 4.57 Å². The Morgan fingerprint density at radius 1 is 0.284 bits per heavy atom. The van der Waals surface area contributed by atoms with E-state index in [9.17, 15) is 0 Å². The van der Waals surface area contributed by atoms with Gasteiger partial charge >= 0.3 is 0 Å². The van der Waals surface area contributed by atoms with Crippen LogP contribution in [-0.2, 0) is 10.8 Å². The molecule has 0 bridgehead atoms. The molecule has 0 saturated heterocycles. The maximum absolute atomic E-state index is 2.55. The summed E-state index contributed by atoms with van der Waals surface area (Å²) in [6.45, 7) is 0. The minimum absolute atomic E-state index is 0.526. The van der Waals surface area contributed by atoms with E-state index in [1.165, 1.54) is 127 Å². The van der Waals surface area contributed by atoms with Gasteiger partial charge in [-0.05, 0) is 148 Å². The van der Waals surface area contributed by atoms with Crippen molar-refractivity contribution < 1.29 is 0 Å². The van der Waals surface area contributed by atoms with Gasteiger partial charge in [-0.3, -0.25) is 0 Å². The molecular formula is C72H44N2. The summed E-state index contributed by atoms with van der Waals surface area (Å²) in [5, 5.41) is 5.10. The highest BCUT2D eigenvalue weighted by molar-refractivity contribution is 6.13. The Morgan fingerprint density at radius 3 is 1.54 bits per heavy atom. The number of rotatable bonds is 4. The van der Waals surface area contributed by atoms with Crippen LogP contribution in [0.5, 0.6) is 0 Å². The van der Waals surface area contributed by atoms with Gasteiger partial charge in [0.2, 0.25) is 0 Å². The molecule has 12 aromatic carbocycles. The van der Waals surface area contributed by atoms with Gasteiger partial charge in [0.1, 0.15) is 0 Å². The molecular weight excluding hydrogens is 893 g/mol. The van der Waals surface area contributed by atoms with Gasteiger partial charge in [-0.15, -0.1) is 0 Å². The Bertz CT molecular complexity index is 4530. The zero-order valence-electron chi connectivity index (χ0n) is 40.3. The third-order valence-electron chi connectivity index (χ3n) is 17.4. The number of benzene rings is 12. The number of para-hydroxylation sites is 3. The van der Waals surface area contributed by atoms with Crippen LogP contribution in [0.1, 0.15) is 44.5 Å². The van der Waals surface area contributed by atoms with Crippen LogP contribution in [-0.4, -0.2) is 4.57 Å². The molecule has 13 aromatic rings. The summed E-state index contributed by atoms with van der Waals surface area (Å²) in [5.74, 6) is 0. The van der Waals surface area contributed by atoms with Crippen molar-refractivity contribution >= 4 is 49.6 Å². The predicted octanol–water partition coefficient (Wildman–Crippen LogP) is 18.1. The Labute approximate surface area is 429 Å². The first-order valence-electron chi connectivity index (χ1n) is 25.9. The lowest BCUT2D eigenvalue weighted by Crippen LogP contribution is -2.33. The summed E-state index contributed by atoms with van der Waals surface area (Å²) < 4.78 is 2.54. The third kappa shape index (κ3) is 4.91. The van der Waals surface area contributed by atoms with Crippen molar-refractivity contribution in [2.75, 3.05) is 4.90 Å². The molecule has 74 heavy (non-hydrogen) atoms. The fraction of sp³-hybridized carbons (Fsp3) is 0.0278.